The minimum Gasteiger partial charge on any atom is -0.569 e. The fourth-order valence-electron chi connectivity index (χ4n) is 2.19. The van der Waals surface area contributed by atoms with E-state index in [9.17, 15) is 20.1 Å². The molecule has 26 heavy (non-hydrogen) atoms. The van der Waals surface area contributed by atoms with Gasteiger partial charge in [-0.05, 0) is 13.0 Å². The molecule has 1 fully saturated rings. The van der Waals surface area contributed by atoms with E-state index >= 15 is 0 Å². The minimum atomic E-state index is -0.648. The highest BCUT2D eigenvalue weighted by Gasteiger charge is 2.26. The molecule has 12 nitrogen and oxygen atoms in total. The molecule has 138 valence electrons. The van der Waals surface area contributed by atoms with Gasteiger partial charge in [-0.25, -0.2) is 4.79 Å². The lowest BCUT2D eigenvalue weighted by atomic mass is 10.2. The second kappa shape index (κ2) is 8.47. The Labute approximate surface area is 148 Å². The first kappa shape index (κ1) is 18.7. The first-order chi connectivity index (χ1) is 12.5. The van der Waals surface area contributed by atoms with Crippen LogP contribution in [0.3, 0.4) is 0 Å². The van der Waals surface area contributed by atoms with Crippen LogP contribution in [0.5, 0.6) is 5.75 Å². The molecule has 2 rings (SSSR count). The molecule has 1 aliphatic rings. The highest BCUT2D eigenvalue weighted by atomic mass is 16.7. The molecule has 12 heteroatoms. The highest BCUT2D eigenvalue weighted by Crippen LogP contribution is 2.23. The molecule has 0 unspecified atom stereocenters. The second-order valence-corrected chi connectivity index (χ2v) is 5.11. The number of ether oxygens (including phenoxy) is 1. The molecule has 1 saturated heterocycles. The van der Waals surface area contributed by atoms with Crippen LogP contribution in [-0.4, -0.2) is 58.7 Å². The van der Waals surface area contributed by atoms with Gasteiger partial charge in [0.15, 0.2) is 5.75 Å². The number of piperazine rings is 1. The second-order valence-electron chi connectivity index (χ2n) is 5.11. The Morgan fingerprint density at radius 3 is 2.62 bits per heavy atom. The molecule has 0 atom stereocenters. The predicted molar refractivity (Wildman–Crippen MR) is 84.7 cm³/mol. The number of hydrazine groups is 1. The summed E-state index contributed by atoms with van der Waals surface area (Å²) in [7, 11) is 0. The first-order valence-electron chi connectivity index (χ1n) is 7.66. The number of nitro benzene ring substituents is 1. The van der Waals surface area contributed by atoms with Crippen LogP contribution in [0.2, 0.25) is 0 Å². The summed E-state index contributed by atoms with van der Waals surface area (Å²) in [6.45, 7) is 2.99. The van der Waals surface area contributed by atoms with Gasteiger partial charge in [-0.3, -0.25) is 10.1 Å². The van der Waals surface area contributed by atoms with Gasteiger partial charge in [0.05, 0.1) is 29.6 Å². The van der Waals surface area contributed by atoms with Crippen LogP contribution in [0.1, 0.15) is 12.5 Å². The van der Waals surface area contributed by atoms with Crippen molar-refractivity contribution in [1.82, 2.24) is 9.91 Å². The quantitative estimate of drug-likeness (QED) is 0.329. The number of nitrogens with zero attached hydrogens (tertiary/aromatic N) is 6. The van der Waals surface area contributed by atoms with Crippen molar-refractivity contribution < 1.29 is 24.3 Å². The highest BCUT2D eigenvalue weighted by molar-refractivity contribution is 5.67. The third-order valence-corrected chi connectivity index (χ3v) is 3.53. The van der Waals surface area contributed by atoms with Gasteiger partial charge in [0.1, 0.15) is 11.6 Å². The van der Waals surface area contributed by atoms with Gasteiger partial charge in [0.25, 0.3) is 5.69 Å². The Bertz CT molecular complexity index is 753. The number of carbonyl (C=O) groups excluding carboxylic acids is 1. The number of non-ortho nitro benzene ring substituents is 1. The topological polar surface area (TPSA) is 147 Å². The maximum absolute atomic E-state index is 12.0. The van der Waals surface area contributed by atoms with Crippen molar-refractivity contribution in [3.05, 3.63) is 39.1 Å². The Morgan fingerprint density at radius 2 is 2.04 bits per heavy atom. The van der Waals surface area contributed by atoms with Crippen molar-refractivity contribution in [2.24, 2.45) is 5.28 Å². The predicted octanol–water partition coefficient (Wildman–Crippen LogP) is 1.41. The van der Waals surface area contributed by atoms with Crippen molar-refractivity contribution in [2.75, 3.05) is 32.8 Å². The Balaban J connectivity index is 1.98. The molecule has 0 aromatic heterocycles. The number of hydrogen-bond donors (Lipinski definition) is 0. The summed E-state index contributed by atoms with van der Waals surface area (Å²) in [4.78, 5) is 28.3. The molecule has 1 heterocycles. The lowest BCUT2D eigenvalue weighted by Crippen LogP contribution is -2.50. The summed E-state index contributed by atoms with van der Waals surface area (Å²) in [5.74, 6) is -0.0795. The summed E-state index contributed by atoms with van der Waals surface area (Å²) in [5.41, 5.74) is -0.397. The van der Waals surface area contributed by atoms with Gasteiger partial charge >= 0.3 is 6.09 Å². The smallest absolute Gasteiger partial charge is 0.409 e. The number of nitro groups is 1. The largest absolute Gasteiger partial charge is 0.569 e. The Morgan fingerprint density at radius 1 is 1.35 bits per heavy atom. The van der Waals surface area contributed by atoms with E-state index in [0.29, 0.717) is 0 Å². The van der Waals surface area contributed by atoms with Gasteiger partial charge < -0.3 is 19.7 Å². The molecule has 0 radical (unpaired) electrons. The van der Waals surface area contributed by atoms with Gasteiger partial charge in [0, 0.05) is 25.2 Å². The molecular weight excluding hydrogens is 348 g/mol. The molecule has 0 aliphatic carbocycles. The third kappa shape index (κ3) is 4.47. The van der Waals surface area contributed by atoms with E-state index in [1.54, 1.807) is 13.0 Å². The number of nitriles is 1. The number of hydrogen-bond acceptors (Lipinski definition) is 8. The maximum atomic E-state index is 12.0. The zero-order valence-electron chi connectivity index (χ0n) is 13.9. The first-order valence-corrected chi connectivity index (χ1v) is 7.66. The van der Waals surface area contributed by atoms with Crippen molar-refractivity contribution in [1.29, 1.82) is 5.26 Å². The Hall–Kier alpha value is -3.62. The molecule has 1 aromatic rings. The monoisotopic (exact) mass is 364 g/mol. The van der Waals surface area contributed by atoms with E-state index in [0.717, 1.165) is 12.1 Å². The van der Waals surface area contributed by atoms with Gasteiger partial charge in [-0.15, -0.1) is 5.01 Å². The van der Waals surface area contributed by atoms with Crippen molar-refractivity contribution in [2.45, 2.75) is 6.92 Å². The Kier molecular flexibility index (Phi) is 6.10. The van der Waals surface area contributed by atoms with Gasteiger partial charge in [0.2, 0.25) is 5.28 Å². The van der Waals surface area contributed by atoms with E-state index in [4.69, 9.17) is 14.8 Å². The molecule has 1 amide bonds. The minimum absolute atomic E-state index is 0.0795. The average Bonchev–Trinajstić information content (AvgIpc) is 2.66. The van der Waals surface area contributed by atoms with Crippen LogP contribution >= 0.6 is 0 Å². The van der Waals surface area contributed by atoms with Gasteiger partial charge in [-0.1, -0.05) is 0 Å². The SMILES string of the molecule is CCOC(=O)N1CCN(/[N+]([O-])=N/Oc2ccc([N+](=O)[O-])cc2C#N)CC1. The van der Waals surface area contributed by atoms with Crippen LogP contribution in [0, 0.1) is 26.7 Å². The third-order valence-electron chi connectivity index (χ3n) is 3.53. The molecular formula is C14H16N6O6. The fourth-order valence-corrected chi connectivity index (χ4v) is 2.19. The zero-order chi connectivity index (χ0) is 19.1. The molecule has 0 N–H and O–H groups in total. The van der Waals surface area contributed by atoms with Crippen molar-refractivity contribution in [3.8, 4) is 11.8 Å². The standard InChI is InChI=1S/C14H16N6O6/c1-2-25-14(21)17-5-7-18(8-6-17)20(24)16-26-13-4-3-12(19(22)23)9-11(13)10-15/h3-4,9H,2,5-8H2,1H3/b20-16-. The van der Waals surface area contributed by atoms with E-state index in [1.807, 2.05) is 0 Å². The molecule has 1 aromatic carbocycles. The van der Waals surface area contributed by atoms with Gasteiger partial charge in [-0.2, -0.15) is 5.26 Å². The summed E-state index contributed by atoms with van der Waals surface area (Å²) in [6, 6.07) is 5.09. The normalized spacial score (nSPS) is 14.5. The molecule has 0 bridgehead atoms. The van der Waals surface area contributed by atoms with E-state index in [-0.39, 0.29) is 54.8 Å². The van der Waals surface area contributed by atoms with Crippen molar-refractivity contribution in [3.63, 3.8) is 0 Å². The number of carbonyl (C=O) groups is 1. The number of amides is 1. The molecule has 1 aliphatic heterocycles. The lowest BCUT2D eigenvalue weighted by molar-refractivity contribution is -0.708. The van der Waals surface area contributed by atoms with Crippen LogP contribution in [-0.2, 0) is 4.74 Å². The van der Waals surface area contributed by atoms with E-state index < -0.39 is 11.0 Å². The van der Waals surface area contributed by atoms with Crippen LogP contribution in [0.15, 0.2) is 23.5 Å². The van der Waals surface area contributed by atoms with Crippen LogP contribution in [0.25, 0.3) is 0 Å². The van der Waals surface area contributed by atoms with E-state index in [2.05, 4.69) is 5.28 Å². The summed E-state index contributed by atoms with van der Waals surface area (Å²) in [6.07, 6.45) is -0.442. The summed E-state index contributed by atoms with van der Waals surface area (Å²) in [5, 5.41) is 36.3. The van der Waals surface area contributed by atoms with Crippen LogP contribution in [0.4, 0.5) is 10.5 Å². The molecule has 0 saturated carbocycles. The number of rotatable bonds is 5. The number of benzene rings is 1. The fraction of sp³-hybridized carbons (Fsp3) is 0.429. The summed E-state index contributed by atoms with van der Waals surface area (Å²) >= 11 is 0. The summed E-state index contributed by atoms with van der Waals surface area (Å²) < 4.78 is 4.88. The molecule has 0 spiro atoms. The lowest BCUT2D eigenvalue weighted by Gasteiger charge is -2.30. The average molecular weight is 364 g/mol. The van der Waals surface area contributed by atoms with Crippen molar-refractivity contribution >= 4 is 11.8 Å². The maximum Gasteiger partial charge on any atom is 0.409 e. The van der Waals surface area contributed by atoms with E-state index in [1.165, 1.54) is 16.0 Å². The van der Waals surface area contributed by atoms with Crippen LogP contribution < -0.4 is 4.84 Å². The zero-order valence-corrected chi connectivity index (χ0v) is 13.9.